The van der Waals surface area contributed by atoms with E-state index in [1.54, 1.807) is 0 Å². The van der Waals surface area contributed by atoms with Crippen LogP contribution in [0.15, 0.2) is 42.5 Å². The maximum absolute atomic E-state index is 12.6. The summed E-state index contributed by atoms with van der Waals surface area (Å²) in [6.07, 6.45) is 0.934. The Morgan fingerprint density at radius 3 is 2.64 bits per heavy atom. The summed E-state index contributed by atoms with van der Waals surface area (Å²) in [5, 5.41) is 0.579. The summed E-state index contributed by atoms with van der Waals surface area (Å²) in [7, 11) is 0. The van der Waals surface area contributed by atoms with Crippen molar-refractivity contribution in [1.29, 1.82) is 0 Å². The molecule has 4 nitrogen and oxygen atoms in total. The van der Waals surface area contributed by atoms with E-state index < -0.39 is 0 Å². The average Bonchev–Trinajstić information content (AvgIpc) is 2.67. The lowest BCUT2D eigenvalue weighted by atomic mass is 10.0. The van der Waals surface area contributed by atoms with Gasteiger partial charge >= 0.3 is 0 Å². The molecular formula is C20H22ClNO3. The lowest BCUT2D eigenvalue weighted by molar-refractivity contribution is 0.0303. The predicted molar refractivity (Wildman–Crippen MR) is 99.4 cm³/mol. The number of halogens is 1. The summed E-state index contributed by atoms with van der Waals surface area (Å²) in [6, 6.07) is 13.4. The minimum absolute atomic E-state index is 0.0409. The van der Waals surface area contributed by atoms with Gasteiger partial charge in [-0.15, -0.1) is 0 Å². The Bertz CT molecular complexity index is 741. The van der Waals surface area contributed by atoms with Gasteiger partial charge in [0, 0.05) is 18.7 Å². The van der Waals surface area contributed by atoms with E-state index in [0.717, 1.165) is 17.5 Å². The van der Waals surface area contributed by atoms with E-state index in [0.29, 0.717) is 49.2 Å². The molecule has 0 aliphatic carbocycles. The number of carbonyl (C=O) groups excluding carboxylic acids is 1. The number of hydrogen-bond acceptors (Lipinski definition) is 3. The molecule has 0 atom stereocenters. The van der Waals surface area contributed by atoms with E-state index in [2.05, 4.69) is 6.92 Å². The number of nitrogens with zero attached hydrogens (tertiary/aromatic N) is 1. The number of hydrogen-bond donors (Lipinski definition) is 0. The molecule has 0 spiro atoms. The third kappa shape index (κ3) is 4.33. The van der Waals surface area contributed by atoms with Gasteiger partial charge in [-0.2, -0.15) is 0 Å². The summed E-state index contributed by atoms with van der Waals surface area (Å²) in [5.74, 6) is 0.729. The minimum atomic E-state index is 0.0409. The van der Waals surface area contributed by atoms with Gasteiger partial charge in [0.1, 0.15) is 5.75 Å². The van der Waals surface area contributed by atoms with E-state index in [1.165, 1.54) is 0 Å². The number of benzene rings is 2. The van der Waals surface area contributed by atoms with E-state index in [1.807, 2.05) is 47.4 Å². The van der Waals surface area contributed by atoms with E-state index >= 15 is 0 Å². The lowest BCUT2D eigenvalue weighted by Gasteiger charge is -2.27. The lowest BCUT2D eigenvalue weighted by Crippen LogP contribution is -2.40. The highest BCUT2D eigenvalue weighted by molar-refractivity contribution is 6.32. The van der Waals surface area contributed by atoms with Crippen molar-refractivity contribution in [1.82, 2.24) is 4.90 Å². The van der Waals surface area contributed by atoms with Crippen LogP contribution in [0.1, 0.15) is 23.7 Å². The molecule has 0 unspecified atom stereocenters. The normalized spacial score (nSPS) is 14.4. The Labute approximate surface area is 153 Å². The fraction of sp³-hybridized carbons (Fsp3) is 0.350. The van der Waals surface area contributed by atoms with Crippen LogP contribution in [-0.2, 0) is 4.74 Å². The topological polar surface area (TPSA) is 38.8 Å². The van der Waals surface area contributed by atoms with Crippen molar-refractivity contribution in [3.8, 4) is 16.9 Å². The Morgan fingerprint density at radius 1 is 1.16 bits per heavy atom. The Morgan fingerprint density at radius 2 is 1.92 bits per heavy atom. The molecule has 1 saturated heterocycles. The molecule has 1 aliphatic rings. The number of amides is 1. The maximum atomic E-state index is 12.6. The molecule has 3 rings (SSSR count). The van der Waals surface area contributed by atoms with Crippen LogP contribution in [0, 0.1) is 0 Å². The summed E-state index contributed by atoms with van der Waals surface area (Å²) in [5.41, 5.74) is 2.61. The molecule has 2 aromatic carbocycles. The highest BCUT2D eigenvalue weighted by Gasteiger charge is 2.18. The molecule has 1 fully saturated rings. The Hall–Kier alpha value is -2.04. The van der Waals surface area contributed by atoms with E-state index in [4.69, 9.17) is 21.1 Å². The molecule has 25 heavy (non-hydrogen) atoms. The average molecular weight is 360 g/mol. The van der Waals surface area contributed by atoms with Crippen molar-refractivity contribution in [3.05, 3.63) is 53.1 Å². The van der Waals surface area contributed by atoms with Crippen molar-refractivity contribution in [3.63, 3.8) is 0 Å². The van der Waals surface area contributed by atoms with Crippen LogP contribution in [0.3, 0.4) is 0 Å². The van der Waals surface area contributed by atoms with Gasteiger partial charge in [-0.3, -0.25) is 4.79 Å². The fourth-order valence-electron chi connectivity index (χ4n) is 2.79. The first-order chi connectivity index (χ1) is 12.2. The molecule has 0 N–H and O–H groups in total. The van der Waals surface area contributed by atoms with Gasteiger partial charge in [0.05, 0.1) is 24.8 Å². The molecule has 1 amide bonds. The molecule has 5 heteroatoms. The summed E-state index contributed by atoms with van der Waals surface area (Å²) < 4.78 is 10.9. The van der Waals surface area contributed by atoms with Crippen molar-refractivity contribution in [2.24, 2.45) is 0 Å². The SMILES string of the molecule is CCCOc1ccc(-c2cccc(C(=O)N3CCOCC3)c2)cc1Cl. The molecule has 1 heterocycles. The third-order valence-electron chi connectivity index (χ3n) is 4.13. The van der Waals surface area contributed by atoms with Gasteiger partial charge in [0.15, 0.2) is 0 Å². The molecule has 1 aliphatic heterocycles. The number of ether oxygens (including phenoxy) is 2. The molecule has 0 aromatic heterocycles. The Balaban J connectivity index is 1.81. The van der Waals surface area contributed by atoms with E-state index in [-0.39, 0.29) is 5.91 Å². The number of morpholine rings is 1. The number of rotatable bonds is 5. The van der Waals surface area contributed by atoms with Crippen molar-refractivity contribution in [2.45, 2.75) is 13.3 Å². The van der Waals surface area contributed by atoms with Crippen LogP contribution in [0.25, 0.3) is 11.1 Å². The smallest absolute Gasteiger partial charge is 0.254 e. The van der Waals surface area contributed by atoms with Gasteiger partial charge in [0.2, 0.25) is 0 Å². The zero-order chi connectivity index (χ0) is 17.6. The van der Waals surface area contributed by atoms with Crippen LogP contribution in [-0.4, -0.2) is 43.7 Å². The zero-order valence-corrected chi connectivity index (χ0v) is 15.1. The first-order valence-corrected chi connectivity index (χ1v) is 8.96. The fourth-order valence-corrected chi connectivity index (χ4v) is 3.03. The van der Waals surface area contributed by atoms with Crippen LogP contribution in [0.4, 0.5) is 0 Å². The maximum Gasteiger partial charge on any atom is 0.254 e. The minimum Gasteiger partial charge on any atom is -0.492 e. The molecule has 0 bridgehead atoms. The molecule has 2 aromatic rings. The van der Waals surface area contributed by atoms with Gasteiger partial charge in [-0.05, 0) is 41.8 Å². The number of carbonyl (C=O) groups is 1. The van der Waals surface area contributed by atoms with Crippen molar-refractivity contribution in [2.75, 3.05) is 32.9 Å². The Kier molecular flexibility index (Phi) is 5.95. The molecule has 0 saturated carbocycles. The third-order valence-corrected chi connectivity index (χ3v) is 4.43. The first kappa shape index (κ1) is 17.8. The highest BCUT2D eigenvalue weighted by atomic mass is 35.5. The second-order valence-corrected chi connectivity index (χ2v) is 6.39. The summed E-state index contributed by atoms with van der Waals surface area (Å²) in [6.45, 7) is 5.17. The molecule has 132 valence electrons. The summed E-state index contributed by atoms with van der Waals surface area (Å²) in [4.78, 5) is 14.5. The second kappa shape index (κ2) is 8.37. The first-order valence-electron chi connectivity index (χ1n) is 8.59. The molecular weight excluding hydrogens is 338 g/mol. The van der Waals surface area contributed by atoms with Gasteiger partial charge < -0.3 is 14.4 Å². The van der Waals surface area contributed by atoms with Crippen LogP contribution in [0.2, 0.25) is 5.02 Å². The molecule has 0 radical (unpaired) electrons. The van der Waals surface area contributed by atoms with Crippen molar-refractivity contribution >= 4 is 17.5 Å². The van der Waals surface area contributed by atoms with Crippen LogP contribution >= 0.6 is 11.6 Å². The monoisotopic (exact) mass is 359 g/mol. The van der Waals surface area contributed by atoms with Crippen LogP contribution < -0.4 is 4.74 Å². The van der Waals surface area contributed by atoms with Crippen LogP contribution in [0.5, 0.6) is 5.75 Å². The van der Waals surface area contributed by atoms with Gasteiger partial charge in [-0.25, -0.2) is 0 Å². The highest BCUT2D eigenvalue weighted by Crippen LogP contribution is 2.31. The second-order valence-electron chi connectivity index (χ2n) is 5.98. The zero-order valence-electron chi connectivity index (χ0n) is 14.3. The largest absolute Gasteiger partial charge is 0.492 e. The quantitative estimate of drug-likeness (QED) is 0.800. The predicted octanol–water partition coefficient (Wildman–Crippen LogP) is 4.27. The van der Waals surface area contributed by atoms with Gasteiger partial charge in [0.25, 0.3) is 5.91 Å². The van der Waals surface area contributed by atoms with Crippen molar-refractivity contribution < 1.29 is 14.3 Å². The van der Waals surface area contributed by atoms with E-state index in [9.17, 15) is 4.79 Å². The standard InChI is InChI=1S/C20H22ClNO3/c1-2-10-25-19-7-6-16(14-18(19)21)15-4-3-5-17(13-15)20(23)22-8-11-24-12-9-22/h3-7,13-14H,2,8-12H2,1H3. The summed E-state index contributed by atoms with van der Waals surface area (Å²) >= 11 is 6.33. The van der Waals surface area contributed by atoms with Gasteiger partial charge in [-0.1, -0.05) is 36.7 Å².